The minimum absolute atomic E-state index is 0.0368. The van der Waals surface area contributed by atoms with Crippen LogP contribution in [0.3, 0.4) is 0 Å². The molecule has 6 N–H and O–H groups in total. The van der Waals surface area contributed by atoms with Crippen LogP contribution in [0.15, 0.2) is 103 Å². The lowest BCUT2D eigenvalue weighted by Gasteiger charge is -2.30. The zero-order chi connectivity index (χ0) is 37.0. The Kier molecular flexibility index (Phi) is 14.1. The highest BCUT2D eigenvalue weighted by molar-refractivity contribution is 6.00. The molecule has 3 amide bonds. The van der Waals surface area contributed by atoms with Crippen molar-refractivity contribution in [3.8, 4) is 0 Å². The molecule has 5 atom stereocenters. The van der Waals surface area contributed by atoms with Gasteiger partial charge >= 0.3 is 6.09 Å². The lowest BCUT2D eigenvalue weighted by atomic mass is 9.98. The van der Waals surface area contributed by atoms with Crippen LogP contribution in [0.25, 0.3) is 10.8 Å². The van der Waals surface area contributed by atoms with Crippen LogP contribution in [0.2, 0.25) is 0 Å². The molecule has 0 radical (unpaired) electrons. The molecule has 0 bridgehead atoms. The predicted molar refractivity (Wildman–Crippen MR) is 200 cm³/mol. The minimum atomic E-state index is -1.06. The van der Waals surface area contributed by atoms with Crippen molar-refractivity contribution in [2.45, 2.75) is 83.4 Å². The van der Waals surface area contributed by atoms with Gasteiger partial charge in [0.1, 0.15) is 11.6 Å². The highest BCUT2D eigenvalue weighted by Crippen LogP contribution is 2.17. The van der Waals surface area contributed by atoms with E-state index in [9.17, 15) is 24.6 Å². The van der Waals surface area contributed by atoms with Gasteiger partial charge in [0.2, 0.25) is 5.91 Å². The van der Waals surface area contributed by atoms with Crippen molar-refractivity contribution in [2.75, 3.05) is 13.1 Å². The van der Waals surface area contributed by atoms with Crippen molar-refractivity contribution in [3.05, 3.63) is 120 Å². The molecule has 0 aromatic heterocycles. The SMILES string of the molecule is CC(C)[C@H](NC(=O)c1ccc2ccccc2c1)C(=O)N[C@@H](Cc1ccccc1)[C@H](O)CNC[C@@H](O)[C@H](Cc1ccccc1)NC(=O)OC(C)(C)C. The zero-order valence-electron chi connectivity index (χ0n) is 30.1. The molecule has 272 valence electrons. The quantitative estimate of drug-likeness (QED) is 0.0989. The molecular formula is C41H52N4O6. The predicted octanol–water partition coefficient (Wildman–Crippen LogP) is 4.77. The summed E-state index contributed by atoms with van der Waals surface area (Å²) in [6.45, 7) is 9.10. The van der Waals surface area contributed by atoms with Gasteiger partial charge in [-0.25, -0.2) is 4.79 Å². The highest BCUT2D eigenvalue weighted by atomic mass is 16.6. The van der Waals surface area contributed by atoms with E-state index >= 15 is 0 Å². The minimum Gasteiger partial charge on any atom is -0.444 e. The third kappa shape index (κ3) is 12.5. The summed E-state index contributed by atoms with van der Waals surface area (Å²) >= 11 is 0. The molecule has 0 aliphatic rings. The maximum atomic E-state index is 13.8. The molecule has 4 rings (SSSR count). The number of benzene rings is 4. The van der Waals surface area contributed by atoms with Crippen molar-refractivity contribution in [1.29, 1.82) is 0 Å². The van der Waals surface area contributed by atoms with Gasteiger partial charge < -0.3 is 36.2 Å². The van der Waals surface area contributed by atoms with Crippen molar-refractivity contribution < 1.29 is 29.3 Å². The molecule has 4 aromatic carbocycles. The molecule has 0 unspecified atom stereocenters. The standard InChI is InChI=1S/C41H52N4O6/c1-27(2)37(45-38(48)32-21-20-30-18-12-13-19-31(30)24-32)39(49)43-33(22-28-14-8-6-9-15-28)35(46)25-42-26-36(47)34(23-29-16-10-7-11-17-29)44-40(50)51-41(3,4)5/h6-21,24,27,33-37,42,46-47H,22-23,25-26H2,1-5H3,(H,43,49)(H,44,50)(H,45,48)/t33-,34-,35+,36+,37-/m0/s1. The Hall–Kier alpha value is -4.77. The number of ether oxygens (including phenoxy) is 1. The third-order valence-electron chi connectivity index (χ3n) is 8.51. The number of hydrogen-bond acceptors (Lipinski definition) is 7. The van der Waals surface area contributed by atoms with Gasteiger partial charge in [-0.05, 0) is 73.6 Å². The Balaban J connectivity index is 1.42. The monoisotopic (exact) mass is 696 g/mol. The van der Waals surface area contributed by atoms with Gasteiger partial charge in [-0.15, -0.1) is 0 Å². The van der Waals surface area contributed by atoms with Crippen LogP contribution in [0.5, 0.6) is 0 Å². The number of nitrogens with one attached hydrogen (secondary N) is 4. The molecule has 0 aliphatic heterocycles. The first-order chi connectivity index (χ1) is 24.3. The van der Waals surface area contributed by atoms with Crippen molar-refractivity contribution in [3.63, 3.8) is 0 Å². The maximum Gasteiger partial charge on any atom is 0.407 e. The molecule has 4 aromatic rings. The molecule has 51 heavy (non-hydrogen) atoms. The largest absolute Gasteiger partial charge is 0.444 e. The number of amides is 3. The van der Waals surface area contributed by atoms with Gasteiger partial charge in [0, 0.05) is 18.7 Å². The van der Waals surface area contributed by atoms with Crippen LogP contribution in [0.1, 0.15) is 56.1 Å². The van der Waals surface area contributed by atoms with Gasteiger partial charge in [-0.3, -0.25) is 9.59 Å². The first-order valence-corrected chi connectivity index (χ1v) is 17.5. The summed E-state index contributed by atoms with van der Waals surface area (Å²) in [5, 5.41) is 36.4. The van der Waals surface area contributed by atoms with Crippen LogP contribution < -0.4 is 21.3 Å². The van der Waals surface area contributed by atoms with Gasteiger partial charge in [0.15, 0.2) is 0 Å². The Labute approximate surface area is 301 Å². The summed E-state index contributed by atoms with van der Waals surface area (Å²) in [6.07, 6.45) is -2.03. The maximum absolute atomic E-state index is 13.8. The van der Waals surface area contributed by atoms with Gasteiger partial charge in [0.25, 0.3) is 5.91 Å². The number of carbonyl (C=O) groups excluding carboxylic acids is 3. The summed E-state index contributed by atoms with van der Waals surface area (Å²) in [5.74, 6) is -1.02. The van der Waals surface area contributed by atoms with Crippen molar-refractivity contribution in [2.24, 2.45) is 5.92 Å². The molecular weight excluding hydrogens is 644 g/mol. The fourth-order valence-electron chi connectivity index (χ4n) is 5.79. The number of rotatable bonds is 16. The molecule has 10 nitrogen and oxygen atoms in total. The number of fused-ring (bicyclic) bond motifs is 1. The number of hydrogen-bond donors (Lipinski definition) is 6. The molecule has 10 heteroatoms. The summed E-state index contributed by atoms with van der Waals surface area (Å²) in [5.41, 5.74) is 1.58. The fourth-order valence-corrected chi connectivity index (χ4v) is 5.79. The van der Waals surface area contributed by atoms with Crippen LogP contribution in [0, 0.1) is 5.92 Å². The van der Waals surface area contributed by atoms with E-state index in [0.29, 0.717) is 18.4 Å². The average Bonchev–Trinajstić information content (AvgIpc) is 3.09. The van der Waals surface area contributed by atoms with Crippen LogP contribution in [-0.2, 0) is 22.4 Å². The topological polar surface area (TPSA) is 149 Å². The van der Waals surface area contributed by atoms with E-state index in [1.54, 1.807) is 32.9 Å². The van der Waals surface area contributed by atoms with E-state index in [0.717, 1.165) is 21.9 Å². The van der Waals surface area contributed by atoms with Crippen molar-refractivity contribution in [1.82, 2.24) is 21.3 Å². The Bertz CT molecular complexity index is 1710. The van der Waals surface area contributed by atoms with E-state index in [1.807, 2.05) is 105 Å². The number of alkyl carbamates (subject to hydrolysis) is 1. The van der Waals surface area contributed by atoms with Gasteiger partial charge in [-0.2, -0.15) is 0 Å². The lowest BCUT2D eigenvalue weighted by Crippen LogP contribution is -2.56. The van der Waals surface area contributed by atoms with Gasteiger partial charge in [0.05, 0.1) is 24.3 Å². The summed E-state index contributed by atoms with van der Waals surface area (Å²) in [4.78, 5) is 39.7. The summed E-state index contributed by atoms with van der Waals surface area (Å²) in [6, 6.07) is 29.9. The van der Waals surface area contributed by atoms with E-state index in [1.165, 1.54) is 0 Å². The van der Waals surface area contributed by atoms with Gasteiger partial charge in [-0.1, -0.05) is 105 Å². The van der Waals surface area contributed by atoms with Crippen LogP contribution in [-0.4, -0.2) is 77.1 Å². The highest BCUT2D eigenvalue weighted by Gasteiger charge is 2.30. The van der Waals surface area contributed by atoms with E-state index in [-0.39, 0.29) is 24.9 Å². The molecule has 0 saturated carbocycles. The number of aliphatic hydroxyl groups excluding tert-OH is 2. The molecule has 0 aliphatic carbocycles. The second kappa shape index (κ2) is 18.5. The average molecular weight is 697 g/mol. The number of carbonyl (C=O) groups is 3. The fraction of sp³-hybridized carbons (Fsp3) is 0.390. The third-order valence-corrected chi connectivity index (χ3v) is 8.51. The second-order valence-corrected chi connectivity index (χ2v) is 14.3. The molecule has 0 saturated heterocycles. The lowest BCUT2D eigenvalue weighted by molar-refractivity contribution is -0.125. The zero-order valence-corrected chi connectivity index (χ0v) is 30.1. The first-order valence-electron chi connectivity index (χ1n) is 17.5. The van der Waals surface area contributed by atoms with Crippen LogP contribution >= 0.6 is 0 Å². The van der Waals surface area contributed by atoms with Crippen molar-refractivity contribution >= 4 is 28.7 Å². The number of aliphatic hydroxyl groups is 2. The Morgan fingerprint density at radius 2 is 1.18 bits per heavy atom. The smallest absolute Gasteiger partial charge is 0.407 e. The molecule has 0 fully saturated rings. The van der Waals surface area contributed by atoms with E-state index in [4.69, 9.17) is 4.74 Å². The normalized spacial score (nSPS) is 14.6. The summed E-state index contributed by atoms with van der Waals surface area (Å²) in [7, 11) is 0. The van der Waals surface area contributed by atoms with Crippen LogP contribution in [0.4, 0.5) is 4.79 Å². The Morgan fingerprint density at radius 1 is 0.667 bits per heavy atom. The first kappa shape index (κ1) is 39.0. The van der Waals surface area contributed by atoms with E-state index < -0.39 is 47.9 Å². The summed E-state index contributed by atoms with van der Waals surface area (Å²) < 4.78 is 5.44. The second-order valence-electron chi connectivity index (χ2n) is 14.3. The molecule has 0 heterocycles. The molecule has 0 spiro atoms. The van der Waals surface area contributed by atoms with E-state index in [2.05, 4.69) is 21.3 Å². The Morgan fingerprint density at radius 3 is 1.71 bits per heavy atom.